The van der Waals surface area contributed by atoms with Gasteiger partial charge in [-0.3, -0.25) is 9.10 Å². The number of aryl methyl sites for hydroxylation is 2. The van der Waals surface area contributed by atoms with E-state index in [0.29, 0.717) is 24.4 Å². The van der Waals surface area contributed by atoms with Gasteiger partial charge in [-0.25, -0.2) is 8.42 Å². The largest absolute Gasteiger partial charge is 0.492 e. The highest BCUT2D eigenvalue weighted by molar-refractivity contribution is 7.92. The topological polar surface area (TPSA) is 75.7 Å². The molecule has 0 radical (unpaired) electrons. The van der Waals surface area contributed by atoms with Crippen molar-refractivity contribution in [3.8, 4) is 5.75 Å². The second-order valence-electron chi connectivity index (χ2n) is 8.78. The second kappa shape index (κ2) is 11.8. The summed E-state index contributed by atoms with van der Waals surface area (Å²) in [6.07, 6.45) is 0. The van der Waals surface area contributed by atoms with Gasteiger partial charge in [0.15, 0.2) is 0 Å². The number of para-hydroxylation sites is 1. The number of nitrogens with zero attached hydrogens (tertiary/aromatic N) is 1. The van der Waals surface area contributed by atoms with Crippen LogP contribution in [-0.2, 0) is 16.6 Å². The number of nitrogens with one attached hydrogen (secondary N) is 1. The van der Waals surface area contributed by atoms with E-state index in [-0.39, 0.29) is 17.3 Å². The van der Waals surface area contributed by atoms with Crippen LogP contribution in [0.1, 0.15) is 27.0 Å². The van der Waals surface area contributed by atoms with Gasteiger partial charge in [-0.1, -0.05) is 54.6 Å². The molecule has 0 aromatic heterocycles. The molecule has 4 rings (SSSR count). The molecule has 0 aliphatic rings. The molecule has 7 heteroatoms. The minimum atomic E-state index is -3.78. The highest BCUT2D eigenvalue weighted by atomic mass is 32.2. The highest BCUT2D eigenvalue weighted by Gasteiger charge is 2.25. The molecule has 1 amide bonds. The van der Waals surface area contributed by atoms with E-state index >= 15 is 0 Å². The Morgan fingerprint density at radius 2 is 1.41 bits per heavy atom. The van der Waals surface area contributed by atoms with Gasteiger partial charge in [0.1, 0.15) is 12.4 Å². The van der Waals surface area contributed by atoms with Crippen molar-refractivity contribution >= 4 is 21.6 Å². The number of rotatable bonds is 10. The van der Waals surface area contributed by atoms with Crippen molar-refractivity contribution in [2.75, 3.05) is 17.5 Å². The average Bonchev–Trinajstić information content (AvgIpc) is 2.90. The van der Waals surface area contributed by atoms with Crippen molar-refractivity contribution in [1.29, 1.82) is 0 Å². The Morgan fingerprint density at radius 3 is 2.03 bits per heavy atom. The Bertz CT molecular complexity index is 1420. The number of benzene rings is 4. The van der Waals surface area contributed by atoms with Gasteiger partial charge in [0, 0.05) is 5.56 Å². The van der Waals surface area contributed by atoms with E-state index in [2.05, 4.69) is 11.4 Å². The number of ether oxygens (including phenoxy) is 1. The Kier molecular flexibility index (Phi) is 8.25. The van der Waals surface area contributed by atoms with Gasteiger partial charge in [0.2, 0.25) is 0 Å². The molecule has 1 N–H and O–H groups in total. The third kappa shape index (κ3) is 6.77. The molecule has 0 aliphatic carbocycles. The molecule has 37 heavy (non-hydrogen) atoms. The fourth-order valence-electron chi connectivity index (χ4n) is 4.01. The predicted octanol–water partition coefficient (Wildman–Crippen LogP) is 5.51. The summed E-state index contributed by atoms with van der Waals surface area (Å²) in [5, 5.41) is 2.86. The Hall–Kier alpha value is -4.10. The van der Waals surface area contributed by atoms with Crippen LogP contribution in [0.2, 0.25) is 0 Å². The smallest absolute Gasteiger partial charge is 0.264 e. The summed E-state index contributed by atoms with van der Waals surface area (Å²) >= 11 is 0. The first-order valence-electron chi connectivity index (χ1n) is 12.0. The number of carbonyl (C=O) groups excluding carboxylic acids is 1. The summed E-state index contributed by atoms with van der Waals surface area (Å²) < 4.78 is 34.0. The maximum atomic E-state index is 13.4. The average molecular weight is 515 g/mol. The van der Waals surface area contributed by atoms with Crippen LogP contribution in [0.15, 0.2) is 108 Å². The van der Waals surface area contributed by atoms with E-state index in [1.807, 2.05) is 32.0 Å². The Balaban J connectivity index is 1.40. The number of hydrogen-bond donors (Lipinski definition) is 1. The summed E-state index contributed by atoms with van der Waals surface area (Å²) in [6.45, 7) is 4.89. The minimum absolute atomic E-state index is 0.132. The summed E-state index contributed by atoms with van der Waals surface area (Å²) in [4.78, 5) is 12.8. The van der Waals surface area contributed by atoms with Crippen LogP contribution in [0.25, 0.3) is 0 Å². The van der Waals surface area contributed by atoms with E-state index in [4.69, 9.17) is 4.74 Å². The maximum Gasteiger partial charge on any atom is 0.264 e. The minimum Gasteiger partial charge on any atom is -0.492 e. The van der Waals surface area contributed by atoms with Crippen molar-refractivity contribution in [2.45, 2.75) is 25.3 Å². The molecular weight excluding hydrogens is 484 g/mol. The fraction of sp³-hybridized carbons (Fsp3) is 0.167. The van der Waals surface area contributed by atoms with E-state index in [0.717, 1.165) is 22.4 Å². The van der Waals surface area contributed by atoms with E-state index in [1.165, 1.54) is 4.31 Å². The lowest BCUT2D eigenvalue weighted by Gasteiger charge is -2.25. The van der Waals surface area contributed by atoms with E-state index < -0.39 is 10.0 Å². The zero-order valence-corrected chi connectivity index (χ0v) is 21.7. The van der Waals surface area contributed by atoms with Crippen LogP contribution in [0.4, 0.5) is 5.69 Å². The van der Waals surface area contributed by atoms with Crippen molar-refractivity contribution in [3.05, 3.63) is 125 Å². The van der Waals surface area contributed by atoms with Gasteiger partial charge in [0.05, 0.1) is 23.7 Å². The fourth-order valence-corrected chi connectivity index (χ4v) is 5.48. The van der Waals surface area contributed by atoms with Crippen LogP contribution < -0.4 is 14.4 Å². The zero-order chi connectivity index (χ0) is 26.3. The molecule has 0 bridgehead atoms. The number of anilines is 1. The van der Waals surface area contributed by atoms with Crippen LogP contribution in [-0.4, -0.2) is 27.5 Å². The third-order valence-corrected chi connectivity index (χ3v) is 7.56. The highest BCUT2D eigenvalue weighted by Crippen LogP contribution is 2.26. The normalized spacial score (nSPS) is 11.1. The molecule has 190 valence electrons. The lowest BCUT2D eigenvalue weighted by Crippen LogP contribution is -2.30. The molecule has 6 nitrogen and oxygen atoms in total. The number of sulfonamides is 1. The van der Waals surface area contributed by atoms with Crippen LogP contribution in [0.3, 0.4) is 0 Å². The molecule has 0 fully saturated rings. The lowest BCUT2D eigenvalue weighted by molar-refractivity contribution is 0.0947. The van der Waals surface area contributed by atoms with E-state index in [9.17, 15) is 13.2 Å². The van der Waals surface area contributed by atoms with Gasteiger partial charge in [-0.2, -0.15) is 0 Å². The van der Waals surface area contributed by atoms with Crippen molar-refractivity contribution in [1.82, 2.24) is 5.32 Å². The van der Waals surface area contributed by atoms with Gasteiger partial charge >= 0.3 is 0 Å². The molecule has 0 spiro atoms. The molecule has 4 aromatic carbocycles. The van der Waals surface area contributed by atoms with Gasteiger partial charge in [-0.05, 0) is 79.1 Å². The molecule has 0 aliphatic heterocycles. The zero-order valence-electron chi connectivity index (χ0n) is 20.9. The predicted molar refractivity (Wildman–Crippen MR) is 146 cm³/mol. The standard InChI is InChI=1S/C30H30N2O4S/c1-23-19-24(2)21-28(20-23)36-18-17-31-30(33)26-15-13-25(14-16-26)22-32(27-9-5-3-6-10-27)37(34,35)29-11-7-4-8-12-29/h3-16,19-21H,17-18,22H2,1-2H3,(H,31,33). The van der Waals surface area contributed by atoms with Crippen LogP contribution >= 0.6 is 0 Å². The molecule has 0 saturated carbocycles. The first kappa shape index (κ1) is 26.0. The molecule has 0 saturated heterocycles. The van der Waals surface area contributed by atoms with Crippen molar-refractivity contribution in [2.24, 2.45) is 0 Å². The SMILES string of the molecule is Cc1cc(C)cc(OCCNC(=O)c2ccc(CN(c3ccccc3)S(=O)(=O)c3ccccc3)cc2)c1. The molecule has 0 atom stereocenters. The Labute approximate surface area is 218 Å². The van der Waals surface area contributed by atoms with Crippen LogP contribution in [0, 0.1) is 13.8 Å². The third-order valence-electron chi connectivity index (χ3n) is 5.77. The maximum absolute atomic E-state index is 13.4. The van der Waals surface area contributed by atoms with Crippen LogP contribution in [0.5, 0.6) is 5.75 Å². The summed E-state index contributed by atoms with van der Waals surface area (Å²) in [6, 6.07) is 30.3. The number of carbonyl (C=O) groups is 1. The summed E-state index contributed by atoms with van der Waals surface area (Å²) in [7, 11) is -3.78. The number of hydrogen-bond acceptors (Lipinski definition) is 4. The van der Waals surface area contributed by atoms with Crippen molar-refractivity contribution in [3.63, 3.8) is 0 Å². The van der Waals surface area contributed by atoms with Gasteiger partial charge < -0.3 is 10.1 Å². The second-order valence-corrected chi connectivity index (χ2v) is 10.6. The number of amides is 1. The van der Waals surface area contributed by atoms with Gasteiger partial charge in [-0.15, -0.1) is 0 Å². The molecule has 0 heterocycles. The van der Waals surface area contributed by atoms with E-state index in [1.54, 1.807) is 78.9 Å². The quantitative estimate of drug-likeness (QED) is 0.283. The van der Waals surface area contributed by atoms with Gasteiger partial charge in [0.25, 0.3) is 15.9 Å². The molecule has 0 unspecified atom stereocenters. The first-order chi connectivity index (χ1) is 17.8. The summed E-state index contributed by atoms with van der Waals surface area (Å²) in [5.74, 6) is 0.567. The monoisotopic (exact) mass is 514 g/mol. The molecular formula is C30H30N2O4S. The lowest BCUT2D eigenvalue weighted by atomic mass is 10.1. The molecule has 4 aromatic rings. The Morgan fingerprint density at radius 1 is 0.811 bits per heavy atom. The summed E-state index contributed by atoms with van der Waals surface area (Å²) in [5.41, 5.74) is 4.07. The first-order valence-corrected chi connectivity index (χ1v) is 13.5. The van der Waals surface area contributed by atoms with Crippen molar-refractivity contribution < 1.29 is 17.9 Å².